The van der Waals surface area contributed by atoms with Crippen molar-refractivity contribution < 1.29 is 14.1 Å². The van der Waals surface area contributed by atoms with Crippen LogP contribution in [0.15, 0.2) is 21.7 Å². The molecular weight excluding hydrogens is 214 g/mol. The number of nitrogens with zero attached hydrogens (tertiary/aromatic N) is 3. The SMILES string of the molecule is CN1N=C(c2ccc([N+](=O)[O-])o2)CCC1=O. The van der Waals surface area contributed by atoms with Crippen LogP contribution < -0.4 is 0 Å². The molecule has 16 heavy (non-hydrogen) atoms. The molecular formula is C9H9N3O4. The van der Waals surface area contributed by atoms with Crippen LogP contribution in [0.2, 0.25) is 0 Å². The summed E-state index contributed by atoms with van der Waals surface area (Å²) in [5, 5.41) is 15.6. The quantitative estimate of drug-likeness (QED) is 0.555. The summed E-state index contributed by atoms with van der Waals surface area (Å²) in [5.74, 6) is -0.0619. The van der Waals surface area contributed by atoms with Crippen molar-refractivity contribution in [3.05, 3.63) is 28.0 Å². The molecule has 1 aromatic rings. The Morgan fingerprint density at radius 1 is 1.50 bits per heavy atom. The number of nitro groups is 1. The van der Waals surface area contributed by atoms with E-state index in [2.05, 4.69) is 5.10 Å². The highest BCUT2D eigenvalue weighted by Crippen LogP contribution is 2.20. The van der Waals surface area contributed by atoms with E-state index in [0.717, 1.165) is 0 Å². The molecule has 0 atom stereocenters. The third-order valence-corrected chi connectivity index (χ3v) is 2.26. The second-order valence-corrected chi connectivity index (χ2v) is 3.36. The third-order valence-electron chi connectivity index (χ3n) is 2.26. The van der Waals surface area contributed by atoms with Gasteiger partial charge in [0.05, 0.1) is 6.07 Å². The minimum absolute atomic E-state index is 0.0789. The van der Waals surface area contributed by atoms with E-state index in [-0.39, 0.29) is 11.8 Å². The highest BCUT2D eigenvalue weighted by atomic mass is 16.6. The number of amides is 1. The zero-order chi connectivity index (χ0) is 11.7. The van der Waals surface area contributed by atoms with Gasteiger partial charge in [-0.1, -0.05) is 0 Å². The van der Waals surface area contributed by atoms with E-state index in [0.29, 0.717) is 24.3 Å². The van der Waals surface area contributed by atoms with Gasteiger partial charge in [-0.3, -0.25) is 14.9 Å². The molecule has 0 saturated carbocycles. The minimum Gasteiger partial charge on any atom is -0.399 e. The molecule has 0 aromatic carbocycles. The number of furan rings is 1. The maximum Gasteiger partial charge on any atom is 0.433 e. The normalized spacial score (nSPS) is 16.2. The fourth-order valence-electron chi connectivity index (χ4n) is 1.43. The van der Waals surface area contributed by atoms with Crippen LogP contribution in [0.5, 0.6) is 0 Å². The molecule has 0 saturated heterocycles. The largest absolute Gasteiger partial charge is 0.433 e. The number of rotatable bonds is 2. The van der Waals surface area contributed by atoms with E-state index in [1.165, 1.54) is 17.1 Å². The summed E-state index contributed by atoms with van der Waals surface area (Å²) in [6.45, 7) is 0. The number of carbonyl (C=O) groups is 1. The first-order chi connectivity index (χ1) is 7.58. The third kappa shape index (κ3) is 1.79. The fourth-order valence-corrected chi connectivity index (χ4v) is 1.43. The number of hydrazone groups is 1. The smallest absolute Gasteiger partial charge is 0.399 e. The molecule has 0 radical (unpaired) electrons. The van der Waals surface area contributed by atoms with Gasteiger partial charge in [-0.15, -0.1) is 0 Å². The summed E-state index contributed by atoms with van der Waals surface area (Å²) in [6.07, 6.45) is 0.775. The summed E-state index contributed by atoms with van der Waals surface area (Å²) < 4.78 is 5.00. The van der Waals surface area contributed by atoms with Crippen LogP contribution >= 0.6 is 0 Å². The Hall–Kier alpha value is -2.18. The molecule has 0 fully saturated rings. The van der Waals surface area contributed by atoms with Crippen LogP contribution in [0.25, 0.3) is 0 Å². The molecule has 1 aromatic heterocycles. The summed E-state index contributed by atoms with van der Waals surface area (Å²) in [7, 11) is 1.54. The maximum absolute atomic E-state index is 11.2. The van der Waals surface area contributed by atoms with E-state index >= 15 is 0 Å². The lowest BCUT2D eigenvalue weighted by molar-refractivity contribution is -0.402. The van der Waals surface area contributed by atoms with Crippen molar-refractivity contribution in [2.75, 3.05) is 7.05 Å². The average Bonchev–Trinajstić information content (AvgIpc) is 2.71. The first-order valence-electron chi connectivity index (χ1n) is 4.66. The van der Waals surface area contributed by atoms with Gasteiger partial charge in [0.1, 0.15) is 10.6 Å². The first kappa shape index (κ1) is 10.3. The van der Waals surface area contributed by atoms with Gasteiger partial charge in [0.25, 0.3) is 0 Å². The molecule has 0 aliphatic carbocycles. The van der Waals surface area contributed by atoms with E-state index in [1.807, 2.05) is 0 Å². The van der Waals surface area contributed by atoms with Crippen molar-refractivity contribution >= 4 is 17.5 Å². The van der Waals surface area contributed by atoms with E-state index in [4.69, 9.17) is 4.42 Å². The Morgan fingerprint density at radius 2 is 2.25 bits per heavy atom. The highest BCUT2D eigenvalue weighted by molar-refractivity contribution is 6.02. The summed E-state index contributed by atoms with van der Waals surface area (Å²) in [4.78, 5) is 21.0. The number of carbonyl (C=O) groups excluding carboxylic acids is 1. The van der Waals surface area contributed by atoms with Gasteiger partial charge in [-0.25, -0.2) is 5.01 Å². The lowest BCUT2D eigenvalue weighted by Crippen LogP contribution is -2.28. The molecule has 0 spiro atoms. The Bertz CT molecular complexity index is 477. The zero-order valence-electron chi connectivity index (χ0n) is 8.54. The van der Waals surface area contributed by atoms with Gasteiger partial charge in [-0.05, 0) is 6.07 Å². The molecule has 0 unspecified atom stereocenters. The van der Waals surface area contributed by atoms with Crippen molar-refractivity contribution in [3.63, 3.8) is 0 Å². The van der Waals surface area contributed by atoms with Crippen LogP contribution in [0.3, 0.4) is 0 Å². The van der Waals surface area contributed by atoms with Crippen molar-refractivity contribution in [3.8, 4) is 0 Å². The van der Waals surface area contributed by atoms with E-state index < -0.39 is 4.92 Å². The van der Waals surface area contributed by atoms with E-state index in [1.54, 1.807) is 7.05 Å². The van der Waals surface area contributed by atoms with Crippen molar-refractivity contribution in [1.29, 1.82) is 0 Å². The van der Waals surface area contributed by atoms with Crippen molar-refractivity contribution in [2.45, 2.75) is 12.8 Å². The molecule has 1 aliphatic heterocycles. The number of hydrogen-bond donors (Lipinski definition) is 0. The van der Waals surface area contributed by atoms with Gasteiger partial charge in [-0.2, -0.15) is 5.10 Å². The highest BCUT2D eigenvalue weighted by Gasteiger charge is 2.22. The van der Waals surface area contributed by atoms with Gasteiger partial charge in [0.2, 0.25) is 5.91 Å². The standard InChI is InChI=1S/C9H9N3O4/c1-11-8(13)4-2-6(10-11)7-3-5-9(16-7)12(14)15/h3,5H,2,4H2,1H3. The predicted molar refractivity (Wildman–Crippen MR) is 53.9 cm³/mol. The van der Waals surface area contributed by atoms with E-state index in [9.17, 15) is 14.9 Å². The molecule has 7 nitrogen and oxygen atoms in total. The summed E-state index contributed by atoms with van der Waals surface area (Å²) in [6, 6.07) is 2.76. The number of hydrogen-bond acceptors (Lipinski definition) is 5. The monoisotopic (exact) mass is 223 g/mol. The molecule has 2 heterocycles. The lowest BCUT2D eigenvalue weighted by atomic mass is 10.1. The minimum atomic E-state index is -0.609. The van der Waals surface area contributed by atoms with Gasteiger partial charge in [0.15, 0.2) is 5.76 Å². The van der Waals surface area contributed by atoms with Crippen molar-refractivity contribution in [2.24, 2.45) is 5.10 Å². The van der Waals surface area contributed by atoms with Crippen LogP contribution in [0.1, 0.15) is 18.6 Å². The van der Waals surface area contributed by atoms with Crippen molar-refractivity contribution in [1.82, 2.24) is 5.01 Å². The Morgan fingerprint density at radius 3 is 2.81 bits per heavy atom. The zero-order valence-corrected chi connectivity index (χ0v) is 8.54. The molecule has 2 rings (SSSR count). The summed E-state index contributed by atoms with van der Waals surface area (Å²) >= 11 is 0. The fraction of sp³-hybridized carbons (Fsp3) is 0.333. The van der Waals surface area contributed by atoms with Gasteiger partial charge in [0, 0.05) is 19.9 Å². The second kappa shape index (κ2) is 3.76. The average molecular weight is 223 g/mol. The Balaban J connectivity index is 2.27. The maximum atomic E-state index is 11.2. The Labute approximate surface area is 90.5 Å². The van der Waals surface area contributed by atoms with Crippen LogP contribution in [0.4, 0.5) is 5.88 Å². The molecule has 84 valence electrons. The lowest BCUT2D eigenvalue weighted by Gasteiger charge is -2.17. The topological polar surface area (TPSA) is 88.9 Å². The van der Waals surface area contributed by atoms with Crippen LogP contribution in [-0.2, 0) is 4.79 Å². The summed E-state index contributed by atoms with van der Waals surface area (Å²) in [5.41, 5.74) is 0.551. The van der Waals surface area contributed by atoms with Crippen LogP contribution in [0, 0.1) is 10.1 Å². The van der Waals surface area contributed by atoms with Crippen LogP contribution in [-0.4, -0.2) is 28.6 Å². The van der Waals surface area contributed by atoms with Gasteiger partial charge < -0.3 is 4.42 Å². The Kier molecular flexibility index (Phi) is 2.43. The molecule has 1 amide bonds. The molecule has 0 N–H and O–H groups in total. The van der Waals surface area contributed by atoms with Gasteiger partial charge >= 0.3 is 5.88 Å². The molecule has 7 heteroatoms. The second-order valence-electron chi connectivity index (χ2n) is 3.36. The predicted octanol–water partition coefficient (Wildman–Crippen LogP) is 1.14. The molecule has 1 aliphatic rings. The first-order valence-corrected chi connectivity index (χ1v) is 4.66. The molecule has 0 bridgehead atoms.